The first-order chi connectivity index (χ1) is 11.0. The molecule has 0 saturated carbocycles. The number of ether oxygens (including phenoxy) is 1. The molecule has 3 rings (SSSR count). The first-order valence-electron chi connectivity index (χ1n) is 8.08. The maximum absolute atomic E-state index is 6.10. The van der Waals surface area contributed by atoms with Crippen molar-refractivity contribution in [2.45, 2.75) is 38.5 Å². The van der Waals surface area contributed by atoms with Crippen molar-refractivity contribution in [3.05, 3.63) is 53.9 Å². The van der Waals surface area contributed by atoms with Crippen LogP contribution >= 0.6 is 0 Å². The van der Waals surface area contributed by atoms with Crippen LogP contribution in [-0.4, -0.2) is 24.7 Å². The van der Waals surface area contributed by atoms with Gasteiger partial charge in [-0.2, -0.15) is 0 Å². The highest BCUT2D eigenvalue weighted by Crippen LogP contribution is 2.39. The van der Waals surface area contributed by atoms with E-state index in [1.54, 1.807) is 0 Å². The fourth-order valence-electron chi connectivity index (χ4n) is 3.21. The van der Waals surface area contributed by atoms with Crippen molar-refractivity contribution in [2.75, 3.05) is 19.0 Å². The van der Waals surface area contributed by atoms with Gasteiger partial charge < -0.3 is 15.0 Å². The van der Waals surface area contributed by atoms with Crippen LogP contribution in [0.2, 0.25) is 0 Å². The van der Waals surface area contributed by atoms with Gasteiger partial charge in [-0.05, 0) is 26.0 Å². The number of pyridine rings is 1. The lowest BCUT2D eigenvalue weighted by molar-refractivity contribution is 0.0657. The summed E-state index contributed by atoms with van der Waals surface area (Å²) in [7, 11) is 4.12. The van der Waals surface area contributed by atoms with Gasteiger partial charge in [-0.15, -0.1) is 0 Å². The van der Waals surface area contributed by atoms with E-state index < -0.39 is 0 Å². The van der Waals surface area contributed by atoms with Gasteiger partial charge in [0.05, 0.1) is 0 Å². The third-order valence-electron chi connectivity index (χ3n) is 4.27. The second-order valence-corrected chi connectivity index (χ2v) is 6.94. The van der Waals surface area contributed by atoms with Crippen molar-refractivity contribution in [3.63, 3.8) is 0 Å². The summed E-state index contributed by atoms with van der Waals surface area (Å²) in [4.78, 5) is 6.40. The monoisotopic (exact) mass is 311 g/mol. The highest BCUT2D eigenvalue weighted by atomic mass is 16.5. The molecule has 1 N–H and O–H groups in total. The maximum atomic E-state index is 6.10. The molecule has 2 heterocycles. The number of rotatable bonds is 4. The number of nitrogens with one attached hydrogen (secondary N) is 1. The topological polar surface area (TPSA) is 37.4 Å². The van der Waals surface area contributed by atoms with E-state index in [2.05, 4.69) is 67.4 Å². The lowest BCUT2D eigenvalue weighted by Gasteiger charge is -2.38. The smallest absolute Gasteiger partial charge is 0.124 e. The number of hydrogen-bond donors (Lipinski definition) is 1. The number of para-hydroxylation sites is 1. The minimum absolute atomic E-state index is 0.161. The summed E-state index contributed by atoms with van der Waals surface area (Å²) >= 11 is 0. The molecule has 1 aromatic carbocycles. The van der Waals surface area contributed by atoms with Crippen LogP contribution in [0.1, 0.15) is 37.4 Å². The number of anilines is 1. The van der Waals surface area contributed by atoms with E-state index in [1.807, 2.05) is 18.5 Å². The van der Waals surface area contributed by atoms with Gasteiger partial charge in [-0.1, -0.05) is 18.2 Å². The number of aromatic nitrogens is 1. The molecule has 1 aromatic heterocycles. The van der Waals surface area contributed by atoms with E-state index in [-0.39, 0.29) is 11.6 Å². The number of nitrogens with zero attached hydrogens (tertiary/aromatic N) is 2. The van der Waals surface area contributed by atoms with Crippen LogP contribution in [0.25, 0.3) is 0 Å². The van der Waals surface area contributed by atoms with Crippen molar-refractivity contribution in [2.24, 2.45) is 0 Å². The summed E-state index contributed by atoms with van der Waals surface area (Å²) in [5.41, 5.74) is 3.49. The second kappa shape index (κ2) is 6.20. The number of fused-ring (bicyclic) bond motifs is 1. The summed E-state index contributed by atoms with van der Waals surface area (Å²) in [5.74, 6) is 0.986. The summed E-state index contributed by atoms with van der Waals surface area (Å²) in [6, 6.07) is 10.6. The van der Waals surface area contributed by atoms with Gasteiger partial charge in [-0.25, -0.2) is 0 Å². The molecule has 4 nitrogen and oxygen atoms in total. The number of hydrogen-bond acceptors (Lipinski definition) is 4. The Bertz CT molecular complexity index is 682. The van der Waals surface area contributed by atoms with Gasteiger partial charge in [0.2, 0.25) is 0 Å². The predicted octanol–water partition coefficient (Wildman–Crippen LogP) is 3.54. The molecule has 1 aliphatic rings. The Morgan fingerprint density at radius 3 is 2.83 bits per heavy atom. The van der Waals surface area contributed by atoms with Gasteiger partial charge >= 0.3 is 0 Å². The summed E-state index contributed by atoms with van der Waals surface area (Å²) in [5, 5.41) is 3.70. The van der Waals surface area contributed by atoms with Crippen molar-refractivity contribution in [1.82, 2.24) is 10.3 Å². The first-order valence-corrected chi connectivity index (χ1v) is 8.08. The Morgan fingerprint density at radius 1 is 1.26 bits per heavy atom. The minimum atomic E-state index is -0.161. The lowest BCUT2D eigenvalue weighted by atomic mass is 9.89. The SMILES string of the molecule is CN(C)c1ccncc1CN[C@H]1CC(C)(C)Oc2ccccc21. The summed E-state index contributed by atoms with van der Waals surface area (Å²) < 4.78 is 6.10. The van der Waals surface area contributed by atoms with Gasteiger partial charge in [0, 0.05) is 62.3 Å². The zero-order chi connectivity index (χ0) is 16.4. The van der Waals surface area contributed by atoms with Crippen LogP contribution < -0.4 is 15.0 Å². The van der Waals surface area contributed by atoms with Gasteiger partial charge in [0.1, 0.15) is 11.4 Å². The summed E-state index contributed by atoms with van der Waals surface area (Å²) in [6.07, 6.45) is 4.73. The van der Waals surface area contributed by atoms with E-state index in [9.17, 15) is 0 Å². The Morgan fingerprint density at radius 2 is 2.04 bits per heavy atom. The molecule has 0 fully saturated rings. The normalized spacial score (nSPS) is 18.9. The van der Waals surface area contributed by atoms with E-state index >= 15 is 0 Å². The van der Waals surface area contributed by atoms with E-state index in [4.69, 9.17) is 4.74 Å². The fraction of sp³-hybridized carbons (Fsp3) is 0.421. The van der Waals surface area contributed by atoms with Crippen LogP contribution in [0.15, 0.2) is 42.7 Å². The van der Waals surface area contributed by atoms with Gasteiger partial charge in [-0.3, -0.25) is 4.98 Å². The summed E-state index contributed by atoms with van der Waals surface area (Å²) in [6.45, 7) is 5.08. The third-order valence-corrected chi connectivity index (χ3v) is 4.27. The zero-order valence-corrected chi connectivity index (χ0v) is 14.3. The molecule has 0 amide bonds. The predicted molar refractivity (Wildman–Crippen MR) is 93.9 cm³/mol. The standard InChI is InChI=1S/C19H25N3O/c1-19(2)11-16(15-7-5-6-8-18(15)23-19)21-13-14-12-20-10-9-17(14)22(3)4/h5-10,12,16,21H,11,13H2,1-4H3/t16-/m0/s1. The van der Waals surface area contributed by atoms with Crippen molar-refractivity contribution in [3.8, 4) is 5.75 Å². The van der Waals surface area contributed by atoms with Gasteiger partial charge in [0.15, 0.2) is 0 Å². The average molecular weight is 311 g/mol. The Hall–Kier alpha value is -2.07. The zero-order valence-electron chi connectivity index (χ0n) is 14.3. The van der Waals surface area contributed by atoms with Crippen LogP contribution in [0.3, 0.4) is 0 Å². The molecule has 4 heteroatoms. The van der Waals surface area contributed by atoms with E-state index in [0.29, 0.717) is 0 Å². The maximum Gasteiger partial charge on any atom is 0.124 e. The molecule has 0 spiro atoms. The largest absolute Gasteiger partial charge is 0.487 e. The Labute approximate surface area is 138 Å². The molecule has 0 unspecified atom stereocenters. The first kappa shape index (κ1) is 15.8. The van der Waals surface area contributed by atoms with Gasteiger partial charge in [0.25, 0.3) is 0 Å². The van der Waals surface area contributed by atoms with Crippen LogP contribution in [-0.2, 0) is 6.54 Å². The molecule has 0 radical (unpaired) electrons. The molecular weight excluding hydrogens is 286 g/mol. The molecule has 0 saturated heterocycles. The Balaban J connectivity index is 1.81. The van der Waals surface area contributed by atoms with Crippen LogP contribution in [0.4, 0.5) is 5.69 Å². The minimum Gasteiger partial charge on any atom is -0.487 e. The molecule has 23 heavy (non-hydrogen) atoms. The Kier molecular flexibility index (Phi) is 4.26. The van der Waals surface area contributed by atoms with E-state index in [0.717, 1.165) is 18.7 Å². The highest BCUT2D eigenvalue weighted by Gasteiger charge is 2.33. The van der Waals surface area contributed by atoms with Crippen molar-refractivity contribution in [1.29, 1.82) is 0 Å². The van der Waals surface area contributed by atoms with Crippen molar-refractivity contribution < 1.29 is 4.74 Å². The fourth-order valence-corrected chi connectivity index (χ4v) is 3.21. The quantitative estimate of drug-likeness (QED) is 0.937. The molecule has 0 bridgehead atoms. The second-order valence-electron chi connectivity index (χ2n) is 6.94. The van der Waals surface area contributed by atoms with Crippen molar-refractivity contribution >= 4 is 5.69 Å². The average Bonchev–Trinajstić information content (AvgIpc) is 2.51. The number of benzene rings is 1. The third kappa shape index (κ3) is 3.48. The molecular formula is C19H25N3O. The lowest BCUT2D eigenvalue weighted by Crippen LogP contribution is -2.39. The molecule has 122 valence electrons. The highest BCUT2D eigenvalue weighted by molar-refractivity contribution is 5.51. The molecule has 2 aromatic rings. The molecule has 0 aliphatic carbocycles. The molecule has 1 aliphatic heterocycles. The van der Waals surface area contributed by atoms with Crippen LogP contribution in [0, 0.1) is 0 Å². The molecule has 1 atom stereocenters. The van der Waals surface area contributed by atoms with E-state index in [1.165, 1.54) is 16.8 Å². The van der Waals surface area contributed by atoms with Crippen LogP contribution in [0.5, 0.6) is 5.75 Å².